The van der Waals surface area contributed by atoms with E-state index >= 15 is 0 Å². The number of ether oxygens (including phenoxy) is 1. The molecule has 4 aromatic rings. The zero-order valence-electron chi connectivity index (χ0n) is 15.8. The topological polar surface area (TPSA) is 84.3 Å². The fourth-order valence-corrected chi connectivity index (χ4v) is 3.08. The van der Waals surface area contributed by atoms with Crippen LogP contribution < -0.4 is 10.1 Å². The number of benzene rings is 3. The largest absolute Gasteiger partial charge is 0.439 e. The number of nitrogens with one attached hydrogen (secondary N) is 1. The summed E-state index contributed by atoms with van der Waals surface area (Å²) in [4.78, 5) is 20.8. The Kier molecular flexibility index (Phi) is 5.18. The molecule has 1 amide bonds. The molecule has 2 N–H and O–H groups in total. The van der Waals surface area contributed by atoms with Crippen molar-refractivity contribution in [2.45, 2.75) is 13.5 Å². The molecule has 6 nitrogen and oxygen atoms in total. The molecule has 0 aliphatic heterocycles. The summed E-state index contributed by atoms with van der Waals surface area (Å²) >= 11 is 0. The number of carbonyl (C=O) groups is 1. The standard InChI is InChI=1S/C23H19N3O3/c1-15-4-2-6-17(10-15)26-23(28)21-7-3-5-16-11-19(8-9-20(16)21)29-22-12-18(13-27)24-14-25-22/h2-12,14,27H,13H2,1H3,(H,26,28). The summed E-state index contributed by atoms with van der Waals surface area (Å²) in [6.45, 7) is 1.80. The summed E-state index contributed by atoms with van der Waals surface area (Å²) in [6, 6.07) is 20.3. The van der Waals surface area contributed by atoms with Crippen molar-refractivity contribution in [3.8, 4) is 11.6 Å². The van der Waals surface area contributed by atoms with Gasteiger partial charge in [-0.1, -0.05) is 24.3 Å². The zero-order valence-corrected chi connectivity index (χ0v) is 15.8. The summed E-state index contributed by atoms with van der Waals surface area (Å²) in [6.07, 6.45) is 1.34. The second kappa shape index (κ2) is 8.08. The van der Waals surface area contributed by atoms with Gasteiger partial charge in [-0.3, -0.25) is 4.79 Å². The summed E-state index contributed by atoms with van der Waals surface area (Å²) in [7, 11) is 0. The van der Waals surface area contributed by atoms with E-state index in [-0.39, 0.29) is 12.5 Å². The van der Waals surface area contributed by atoms with Crippen LogP contribution in [-0.2, 0) is 6.61 Å². The van der Waals surface area contributed by atoms with Crippen molar-refractivity contribution >= 4 is 22.4 Å². The number of aliphatic hydroxyl groups is 1. The molecular weight excluding hydrogens is 366 g/mol. The van der Waals surface area contributed by atoms with E-state index in [0.29, 0.717) is 22.9 Å². The maximum atomic E-state index is 12.8. The summed E-state index contributed by atoms with van der Waals surface area (Å²) in [5.41, 5.74) is 2.90. The Morgan fingerprint density at radius 1 is 1.03 bits per heavy atom. The molecule has 0 bridgehead atoms. The minimum Gasteiger partial charge on any atom is -0.439 e. The first kappa shape index (κ1) is 18.6. The van der Waals surface area contributed by atoms with Crippen LogP contribution in [0.5, 0.6) is 11.6 Å². The molecular formula is C23H19N3O3. The van der Waals surface area contributed by atoms with Gasteiger partial charge in [-0.2, -0.15) is 0 Å². The predicted molar refractivity (Wildman–Crippen MR) is 111 cm³/mol. The van der Waals surface area contributed by atoms with E-state index in [9.17, 15) is 9.90 Å². The number of hydrogen-bond acceptors (Lipinski definition) is 5. The van der Waals surface area contributed by atoms with Gasteiger partial charge in [0, 0.05) is 17.3 Å². The van der Waals surface area contributed by atoms with Crippen molar-refractivity contribution in [3.05, 3.63) is 89.9 Å². The van der Waals surface area contributed by atoms with Crippen LogP contribution in [0.2, 0.25) is 0 Å². The lowest BCUT2D eigenvalue weighted by molar-refractivity contribution is 0.102. The first-order chi connectivity index (χ1) is 14.1. The Hall–Kier alpha value is -3.77. The average molecular weight is 385 g/mol. The molecule has 0 unspecified atom stereocenters. The Labute approximate surface area is 167 Å². The number of aliphatic hydroxyl groups excluding tert-OH is 1. The molecule has 4 rings (SSSR count). The summed E-state index contributed by atoms with van der Waals surface area (Å²) in [5, 5.41) is 13.8. The van der Waals surface area contributed by atoms with Gasteiger partial charge < -0.3 is 15.2 Å². The lowest BCUT2D eigenvalue weighted by Crippen LogP contribution is -2.12. The average Bonchev–Trinajstić information content (AvgIpc) is 2.73. The van der Waals surface area contributed by atoms with Crippen molar-refractivity contribution in [1.82, 2.24) is 9.97 Å². The summed E-state index contributed by atoms with van der Waals surface area (Å²) in [5.74, 6) is 0.756. The Morgan fingerprint density at radius 3 is 2.72 bits per heavy atom. The minimum absolute atomic E-state index is 0.168. The molecule has 0 radical (unpaired) electrons. The van der Waals surface area contributed by atoms with Crippen LogP contribution >= 0.6 is 0 Å². The maximum Gasteiger partial charge on any atom is 0.256 e. The van der Waals surface area contributed by atoms with Crippen molar-refractivity contribution in [3.63, 3.8) is 0 Å². The molecule has 3 aromatic carbocycles. The van der Waals surface area contributed by atoms with Gasteiger partial charge >= 0.3 is 0 Å². The Morgan fingerprint density at radius 2 is 1.90 bits per heavy atom. The predicted octanol–water partition coefficient (Wildman–Crippen LogP) is 4.48. The SMILES string of the molecule is Cc1cccc(NC(=O)c2cccc3cc(Oc4cc(CO)ncn4)ccc23)c1. The fourth-order valence-electron chi connectivity index (χ4n) is 3.08. The molecule has 1 heterocycles. The van der Waals surface area contributed by atoms with E-state index < -0.39 is 0 Å². The van der Waals surface area contributed by atoms with Gasteiger partial charge in [-0.25, -0.2) is 9.97 Å². The van der Waals surface area contributed by atoms with Gasteiger partial charge in [0.2, 0.25) is 5.88 Å². The summed E-state index contributed by atoms with van der Waals surface area (Å²) < 4.78 is 5.78. The number of aryl methyl sites for hydroxylation is 1. The number of anilines is 1. The quantitative estimate of drug-likeness (QED) is 0.529. The normalized spacial score (nSPS) is 10.7. The number of amides is 1. The van der Waals surface area contributed by atoms with Gasteiger partial charge in [0.25, 0.3) is 5.91 Å². The molecule has 29 heavy (non-hydrogen) atoms. The van der Waals surface area contributed by atoms with Crippen LogP contribution in [0.4, 0.5) is 5.69 Å². The second-order valence-corrected chi connectivity index (χ2v) is 6.62. The molecule has 0 atom stereocenters. The molecule has 0 aliphatic carbocycles. The number of rotatable bonds is 5. The van der Waals surface area contributed by atoms with E-state index in [0.717, 1.165) is 22.0 Å². The third-order valence-electron chi connectivity index (χ3n) is 4.46. The van der Waals surface area contributed by atoms with Crippen LogP contribution in [0.15, 0.2) is 73.1 Å². The Balaban J connectivity index is 1.61. The molecule has 1 aromatic heterocycles. The third-order valence-corrected chi connectivity index (χ3v) is 4.46. The number of fused-ring (bicyclic) bond motifs is 1. The van der Waals surface area contributed by atoms with Gasteiger partial charge in [-0.15, -0.1) is 0 Å². The first-order valence-electron chi connectivity index (χ1n) is 9.13. The molecule has 144 valence electrons. The van der Waals surface area contributed by atoms with Crippen molar-refractivity contribution in [2.75, 3.05) is 5.32 Å². The van der Waals surface area contributed by atoms with Crippen molar-refractivity contribution in [1.29, 1.82) is 0 Å². The number of nitrogens with zero attached hydrogens (tertiary/aromatic N) is 2. The molecule has 0 spiro atoms. The smallest absolute Gasteiger partial charge is 0.256 e. The van der Waals surface area contributed by atoms with Gasteiger partial charge in [0.1, 0.15) is 12.1 Å². The molecule has 6 heteroatoms. The van der Waals surface area contributed by atoms with E-state index in [1.54, 1.807) is 18.2 Å². The van der Waals surface area contributed by atoms with E-state index in [1.807, 2.05) is 55.5 Å². The molecule has 0 saturated carbocycles. The van der Waals surface area contributed by atoms with Crippen molar-refractivity contribution in [2.24, 2.45) is 0 Å². The maximum absolute atomic E-state index is 12.8. The highest BCUT2D eigenvalue weighted by Crippen LogP contribution is 2.27. The molecule has 0 aliphatic rings. The fraction of sp³-hybridized carbons (Fsp3) is 0.0870. The van der Waals surface area contributed by atoms with Crippen LogP contribution in [0.3, 0.4) is 0 Å². The van der Waals surface area contributed by atoms with Gasteiger partial charge in [0.15, 0.2) is 0 Å². The first-order valence-corrected chi connectivity index (χ1v) is 9.13. The number of hydrogen-bond donors (Lipinski definition) is 2. The van der Waals surface area contributed by atoms with Crippen molar-refractivity contribution < 1.29 is 14.6 Å². The van der Waals surface area contributed by atoms with Crippen LogP contribution in [0.1, 0.15) is 21.6 Å². The number of carbonyl (C=O) groups excluding carboxylic acids is 1. The van der Waals surface area contributed by atoms with E-state index in [2.05, 4.69) is 15.3 Å². The monoisotopic (exact) mass is 385 g/mol. The van der Waals surface area contributed by atoms with Gasteiger partial charge in [-0.05, 0) is 59.7 Å². The van der Waals surface area contributed by atoms with Crippen LogP contribution in [0, 0.1) is 6.92 Å². The van der Waals surface area contributed by atoms with E-state index in [1.165, 1.54) is 6.33 Å². The minimum atomic E-state index is -0.185. The lowest BCUT2D eigenvalue weighted by Gasteiger charge is -2.10. The number of aromatic nitrogens is 2. The Bertz CT molecular complexity index is 1190. The highest BCUT2D eigenvalue weighted by atomic mass is 16.5. The molecule has 0 saturated heterocycles. The second-order valence-electron chi connectivity index (χ2n) is 6.62. The third kappa shape index (κ3) is 4.23. The van der Waals surface area contributed by atoms with Crippen LogP contribution in [0.25, 0.3) is 10.8 Å². The highest BCUT2D eigenvalue weighted by molar-refractivity contribution is 6.13. The van der Waals surface area contributed by atoms with Crippen LogP contribution in [-0.4, -0.2) is 21.0 Å². The van der Waals surface area contributed by atoms with Gasteiger partial charge in [0.05, 0.1) is 12.3 Å². The zero-order chi connectivity index (χ0) is 20.2. The highest BCUT2D eigenvalue weighted by Gasteiger charge is 2.11. The van der Waals surface area contributed by atoms with E-state index in [4.69, 9.17) is 4.74 Å². The molecule has 0 fully saturated rings. The lowest BCUT2D eigenvalue weighted by atomic mass is 10.0.